The molecule has 26 heavy (non-hydrogen) atoms. The van der Waals surface area contributed by atoms with Crippen LogP contribution in [0.4, 0.5) is 5.82 Å². The Kier molecular flexibility index (Phi) is 6.00. The van der Waals surface area contributed by atoms with Crippen LogP contribution >= 0.6 is 12.6 Å². The van der Waals surface area contributed by atoms with E-state index in [2.05, 4.69) is 48.9 Å². The molecule has 3 rings (SSSR count). The van der Waals surface area contributed by atoms with Crippen molar-refractivity contribution in [3.63, 3.8) is 0 Å². The van der Waals surface area contributed by atoms with Crippen LogP contribution in [0.2, 0.25) is 4.82 Å². The zero-order valence-corrected chi connectivity index (χ0v) is 16.2. The number of carboxylic acids is 1. The van der Waals surface area contributed by atoms with E-state index in [0.717, 1.165) is 0 Å². The fraction of sp³-hybridized carbons (Fsp3) is 0.571. The predicted octanol–water partition coefficient (Wildman–Crippen LogP) is -1.01. The van der Waals surface area contributed by atoms with E-state index in [9.17, 15) is 15.0 Å². The molecule has 1 saturated heterocycles. The third kappa shape index (κ3) is 3.66. The first kappa shape index (κ1) is 19.3. The molecule has 5 atom stereocenters. The van der Waals surface area contributed by atoms with Crippen LogP contribution in [0.15, 0.2) is 12.7 Å². The third-order valence-corrected chi connectivity index (χ3v) is 5.59. The van der Waals surface area contributed by atoms with Gasteiger partial charge in [0.2, 0.25) is 0 Å². The van der Waals surface area contributed by atoms with Gasteiger partial charge in [0, 0.05) is 0 Å². The molecule has 2 aromatic heterocycles. The average molecular weight is 446 g/mol. The summed E-state index contributed by atoms with van der Waals surface area (Å²) in [6.07, 6.45) is 1.27. The third-order valence-electron chi connectivity index (χ3n) is 4.26. The molecule has 141 valence electrons. The molecule has 5 N–H and O–H groups in total. The van der Waals surface area contributed by atoms with Gasteiger partial charge in [-0.05, 0) is 0 Å². The van der Waals surface area contributed by atoms with Gasteiger partial charge in [-0.15, -0.1) is 0 Å². The van der Waals surface area contributed by atoms with Crippen LogP contribution in [0.25, 0.3) is 11.2 Å². The number of hydrogen-bond donors (Lipinski definition) is 5. The number of nitrogens with two attached hydrogens (primary N) is 1. The average Bonchev–Trinajstić information content (AvgIpc) is 3.15. The standard InChI is InChI=1S/C14H19N6O4SSe/c15-11-8-12(18-4-17-11)20(5-19-8)13-10(26)9(21)7(24-13)3-16-6(1-2-25)14(22)23/h4-7,9-10,13,16,21,25H,1-3H2,(H,22,23)(H2,15,17,18)/t6-,7+,9+,10+,13+/m0/s1. The van der Waals surface area contributed by atoms with Gasteiger partial charge in [0.25, 0.3) is 0 Å². The molecule has 0 saturated carbocycles. The van der Waals surface area contributed by atoms with Gasteiger partial charge in [-0.2, -0.15) is 0 Å². The van der Waals surface area contributed by atoms with E-state index in [1.807, 2.05) is 0 Å². The van der Waals surface area contributed by atoms with Crippen molar-refractivity contribution in [2.45, 2.75) is 35.7 Å². The number of aliphatic carboxylic acids is 1. The number of carbonyl (C=O) groups is 1. The number of ether oxygens (including phenoxy) is 1. The summed E-state index contributed by atoms with van der Waals surface area (Å²) in [4.78, 5) is 23.1. The number of thiol groups is 1. The second-order valence-electron chi connectivity index (χ2n) is 5.91. The number of aliphatic hydroxyl groups excluding tert-OH is 1. The van der Waals surface area contributed by atoms with Crippen molar-refractivity contribution in [1.29, 1.82) is 0 Å². The van der Waals surface area contributed by atoms with E-state index in [0.29, 0.717) is 23.3 Å². The van der Waals surface area contributed by atoms with Crippen molar-refractivity contribution in [2.75, 3.05) is 18.0 Å². The first-order chi connectivity index (χ1) is 12.4. The maximum atomic E-state index is 11.2. The van der Waals surface area contributed by atoms with Crippen molar-refractivity contribution in [3.05, 3.63) is 12.7 Å². The monoisotopic (exact) mass is 447 g/mol. The Morgan fingerprint density at radius 3 is 2.96 bits per heavy atom. The quantitative estimate of drug-likeness (QED) is 0.266. The number of nitrogens with zero attached hydrogens (tertiary/aromatic N) is 4. The molecule has 1 fully saturated rings. The number of nitrogens with one attached hydrogen (secondary N) is 1. The van der Waals surface area contributed by atoms with Gasteiger partial charge < -0.3 is 0 Å². The van der Waals surface area contributed by atoms with Gasteiger partial charge in [0.1, 0.15) is 0 Å². The first-order valence-electron chi connectivity index (χ1n) is 7.93. The van der Waals surface area contributed by atoms with Crippen LogP contribution < -0.4 is 11.1 Å². The van der Waals surface area contributed by atoms with Crippen LogP contribution in [0, 0.1) is 0 Å². The van der Waals surface area contributed by atoms with Crippen LogP contribution in [0.5, 0.6) is 0 Å². The van der Waals surface area contributed by atoms with E-state index < -0.39 is 30.4 Å². The van der Waals surface area contributed by atoms with Crippen molar-refractivity contribution in [2.24, 2.45) is 0 Å². The number of rotatable bonds is 7. The number of fused-ring (bicyclic) bond motifs is 1. The Morgan fingerprint density at radius 1 is 1.50 bits per heavy atom. The number of carboxylic acid groups (broad SMARTS) is 1. The Balaban J connectivity index is 1.75. The number of hydrogen-bond acceptors (Lipinski definition) is 9. The first-order valence-corrected chi connectivity index (χ1v) is 9.55. The Labute approximate surface area is 162 Å². The summed E-state index contributed by atoms with van der Waals surface area (Å²) in [5.41, 5.74) is 6.76. The Morgan fingerprint density at radius 2 is 2.27 bits per heavy atom. The second-order valence-corrected chi connectivity index (χ2v) is 7.50. The van der Waals surface area contributed by atoms with Gasteiger partial charge in [-0.1, -0.05) is 0 Å². The molecular weight excluding hydrogens is 427 g/mol. The molecule has 3 heterocycles. The van der Waals surface area contributed by atoms with Gasteiger partial charge >= 0.3 is 163 Å². The Bertz CT molecular complexity index is 792. The van der Waals surface area contributed by atoms with E-state index in [1.54, 1.807) is 4.57 Å². The molecule has 0 unspecified atom stereocenters. The predicted molar refractivity (Wildman–Crippen MR) is 97.1 cm³/mol. The van der Waals surface area contributed by atoms with E-state index >= 15 is 0 Å². The van der Waals surface area contributed by atoms with Crippen LogP contribution in [0.1, 0.15) is 12.6 Å². The molecule has 1 aliphatic heterocycles. The van der Waals surface area contributed by atoms with Crippen molar-refractivity contribution < 1.29 is 19.7 Å². The van der Waals surface area contributed by atoms with Crippen LogP contribution in [-0.2, 0) is 9.53 Å². The molecule has 2 aromatic rings. The summed E-state index contributed by atoms with van der Waals surface area (Å²) in [5.74, 6) is -0.263. The van der Waals surface area contributed by atoms with Crippen molar-refractivity contribution >= 4 is 51.6 Å². The SMILES string of the molecule is Nc1ncnc2c1ncn2[C@@H]1O[C@H](CN[C@@H](CCS)C(=O)O)[C@@H](O)[C@H]1[Se]. The molecule has 0 aromatic carbocycles. The minimum atomic E-state index is -0.963. The van der Waals surface area contributed by atoms with E-state index in [-0.39, 0.29) is 17.2 Å². The summed E-state index contributed by atoms with van der Waals surface area (Å²) >= 11 is 6.98. The summed E-state index contributed by atoms with van der Waals surface area (Å²) in [5, 5.41) is 22.6. The van der Waals surface area contributed by atoms with Gasteiger partial charge in [-0.25, -0.2) is 0 Å². The number of anilines is 1. The van der Waals surface area contributed by atoms with Crippen molar-refractivity contribution in [3.8, 4) is 0 Å². The second kappa shape index (κ2) is 8.07. The summed E-state index contributed by atoms with van der Waals surface area (Å²) in [6.45, 7) is 0.185. The topological polar surface area (TPSA) is 148 Å². The zero-order chi connectivity index (χ0) is 18.8. The molecule has 0 aliphatic carbocycles. The fourth-order valence-electron chi connectivity index (χ4n) is 2.87. The van der Waals surface area contributed by atoms with Gasteiger partial charge in [0.05, 0.1) is 0 Å². The molecular formula is C14H19N6O4SSe. The molecule has 1 radical (unpaired) electrons. The minimum absolute atomic E-state index is 0.185. The van der Waals surface area contributed by atoms with Crippen molar-refractivity contribution in [1.82, 2.24) is 24.8 Å². The van der Waals surface area contributed by atoms with Gasteiger partial charge in [0.15, 0.2) is 0 Å². The normalized spacial score (nSPS) is 27.0. The molecule has 0 amide bonds. The maximum absolute atomic E-state index is 11.2. The Hall–Kier alpha value is -1.43. The molecule has 0 spiro atoms. The molecule has 12 heteroatoms. The molecule has 1 aliphatic rings. The number of imidazole rings is 1. The summed E-state index contributed by atoms with van der Waals surface area (Å²) in [7, 11) is 0. The number of aromatic nitrogens is 4. The van der Waals surface area contributed by atoms with Crippen LogP contribution in [0.3, 0.4) is 0 Å². The fourth-order valence-corrected chi connectivity index (χ4v) is 3.90. The summed E-state index contributed by atoms with van der Waals surface area (Å²) < 4.78 is 7.63. The van der Waals surface area contributed by atoms with E-state index in [4.69, 9.17) is 10.5 Å². The number of nitrogen functional groups attached to an aromatic ring is 1. The molecule has 0 bridgehead atoms. The van der Waals surface area contributed by atoms with E-state index in [1.165, 1.54) is 12.7 Å². The zero-order valence-electron chi connectivity index (χ0n) is 13.6. The molecule has 10 nitrogen and oxygen atoms in total. The van der Waals surface area contributed by atoms with Crippen LogP contribution in [-0.4, -0.2) is 82.3 Å². The van der Waals surface area contributed by atoms with Gasteiger partial charge in [-0.3, -0.25) is 0 Å². The summed E-state index contributed by atoms with van der Waals surface area (Å²) in [6, 6.07) is -0.747. The number of aliphatic hydroxyl groups is 1.